The van der Waals surface area contributed by atoms with E-state index in [-0.39, 0.29) is 0 Å². The van der Waals surface area contributed by atoms with E-state index in [1.54, 1.807) is 0 Å². The summed E-state index contributed by atoms with van der Waals surface area (Å²) < 4.78 is 0. The van der Waals surface area contributed by atoms with Gasteiger partial charge in [-0.3, -0.25) is 4.98 Å². The number of pyridine rings is 1. The minimum absolute atomic E-state index is 0.686. The van der Waals surface area contributed by atoms with Crippen LogP contribution >= 0.6 is 0 Å². The third kappa shape index (κ3) is 3.41. The summed E-state index contributed by atoms with van der Waals surface area (Å²) in [7, 11) is 2.09. The SMILES string of the molecule is Bc1ccc(-c2ccc(-c3nc(-c4ccccc4)c4ccccc4n3)cn2)cc1. The van der Waals surface area contributed by atoms with Gasteiger partial charge < -0.3 is 0 Å². The van der Waals surface area contributed by atoms with E-state index in [1.165, 1.54) is 5.46 Å². The van der Waals surface area contributed by atoms with E-state index in [1.807, 2.05) is 54.7 Å². The van der Waals surface area contributed by atoms with Crippen molar-refractivity contribution in [1.29, 1.82) is 0 Å². The molecule has 0 aliphatic heterocycles. The van der Waals surface area contributed by atoms with Crippen LogP contribution < -0.4 is 5.46 Å². The number of rotatable bonds is 3. The molecule has 0 fully saturated rings. The molecule has 136 valence electrons. The third-order valence-electron chi connectivity index (χ3n) is 5.02. The van der Waals surface area contributed by atoms with Crippen LogP contribution in [-0.4, -0.2) is 22.8 Å². The fourth-order valence-corrected chi connectivity index (χ4v) is 3.44. The predicted octanol–water partition coefficient (Wildman–Crippen LogP) is 4.28. The maximum Gasteiger partial charge on any atom is 0.161 e. The summed E-state index contributed by atoms with van der Waals surface area (Å²) in [5, 5.41) is 1.05. The summed E-state index contributed by atoms with van der Waals surface area (Å²) in [6, 6.07) is 30.8. The molecule has 0 aliphatic rings. The third-order valence-corrected chi connectivity index (χ3v) is 5.02. The highest BCUT2D eigenvalue weighted by atomic mass is 14.9. The summed E-state index contributed by atoms with van der Waals surface area (Å²) in [5.74, 6) is 0.686. The van der Waals surface area contributed by atoms with Crippen LogP contribution in [0.4, 0.5) is 0 Å². The van der Waals surface area contributed by atoms with E-state index in [0.717, 1.165) is 39.0 Å². The fraction of sp³-hybridized carbons (Fsp3) is 0. The highest BCUT2D eigenvalue weighted by Crippen LogP contribution is 2.29. The molecule has 2 aromatic heterocycles. The quantitative estimate of drug-likeness (QED) is 0.444. The molecule has 0 bridgehead atoms. The Labute approximate surface area is 170 Å². The topological polar surface area (TPSA) is 38.7 Å². The molecule has 4 heteroatoms. The molecule has 29 heavy (non-hydrogen) atoms. The maximum absolute atomic E-state index is 4.90. The first kappa shape index (κ1) is 17.3. The lowest BCUT2D eigenvalue weighted by Crippen LogP contribution is -1.99. The van der Waals surface area contributed by atoms with E-state index in [9.17, 15) is 0 Å². The molecule has 0 unspecified atom stereocenters. The number of hydrogen-bond acceptors (Lipinski definition) is 3. The Kier molecular flexibility index (Phi) is 4.37. The number of para-hydroxylation sites is 1. The lowest BCUT2D eigenvalue weighted by atomic mass is 9.95. The number of aromatic nitrogens is 3. The van der Waals surface area contributed by atoms with Crippen molar-refractivity contribution in [1.82, 2.24) is 15.0 Å². The van der Waals surface area contributed by atoms with E-state index < -0.39 is 0 Å². The smallest absolute Gasteiger partial charge is 0.161 e. The van der Waals surface area contributed by atoms with Crippen molar-refractivity contribution in [2.24, 2.45) is 0 Å². The number of hydrogen-bond donors (Lipinski definition) is 0. The highest BCUT2D eigenvalue weighted by molar-refractivity contribution is 6.32. The van der Waals surface area contributed by atoms with Crippen LogP contribution in [0.3, 0.4) is 0 Å². The molecular weight excluding hydrogens is 353 g/mol. The number of fused-ring (bicyclic) bond motifs is 1. The standard InChI is InChI=1S/C25H18BN3/c26-20-13-10-17(11-14-20)22-15-12-19(16-27-22)25-28-23-9-5-4-8-21(23)24(29-25)18-6-2-1-3-7-18/h1-16H,26H2. The first-order valence-corrected chi connectivity index (χ1v) is 9.63. The van der Waals surface area contributed by atoms with Gasteiger partial charge in [0.25, 0.3) is 0 Å². The molecule has 0 saturated carbocycles. The van der Waals surface area contributed by atoms with Crippen LogP contribution in [0.25, 0.3) is 44.8 Å². The molecule has 2 heterocycles. The molecule has 5 rings (SSSR count). The molecule has 0 saturated heterocycles. The zero-order chi connectivity index (χ0) is 19.6. The van der Waals surface area contributed by atoms with Crippen molar-refractivity contribution in [3.05, 3.63) is 97.2 Å². The highest BCUT2D eigenvalue weighted by Gasteiger charge is 2.11. The van der Waals surface area contributed by atoms with Crippen molar-refractivity contribution in [3.8, 4) is 33.9 Å². The van der Waals surface area contributed by atoms with Crippen LogP contribution in [0.2, 0.25) is 0 Å². The molecule has 0 radical (unpaired) electrons. The van der Waals surface area contributed by atoms with Gasteiger partial charge in [-0.1, -0.05) is 78.3 Å². The first-order valence-electron chi connectivity index (χ1n) is 9.63. The Hall–Kier alpha value is -3.79. The molecule has 0 spiro atoms. The molecule has 5 aromatic rings. The maximum atomic E-state index is 4.90. The summed E-state index contributed by atoms with van der Waals surface area (Å²) in [4.78, 5) is 14.4. The normalized spacial score (nSPS) is 10.9. The van der Waals surface area contributed by atoms with Gasteiger partial charge in [-0.25, -0.2) is 9.97 Å². The zero-order valence-electron chi connectivity index (χ0n) is 16.1. The monoisotopic (exact) mass is 371 g/mol. The van der Waals surface area contributed by atoms with Gasteiger partial charge in [0.15, 0.2) is 5.82 Å². The van der Waals surface area contributed by atoms with Crippen LogP contribution in [0.1, 0.15) is 0 Å². The minimum atomic E-state index is 0.686. The number of benzene rings is 3. The second-order valence-corrected chi connectivity index (χ2v) is 7.08. The van der Waals surface area contributed by atoms with Crippen molar-refractivity contribution < 1.29 is 0 Å². The van der Waals surface area contributed by atoms with E-state index in [0.29, 0.717) is 5.82 Å². The van der Waals surface area contributed by atoms with Crippen LogP contribution in [0, 0.1) is 0 Å². The van der Waals surface area contributed by atoms with Crippen molar-refractivity contribution >= 4 is 24.2 Å². The second kappa shape index (κ2) is 7.32. The van der Waals surface area contributed by atoms with Gasteiger partial charge in [-0.15, -0.1) is 0 Å². The Bertz CT molecular complexity index is 1280. The lowest BCUT2D eigenvalue weighted by Gasteiger charge is -2.09. The zero-order valence-corrected chi connectivity index (χ0v) is 16.1. The molecule has 0 atom stereocenters. The Morgan fingerprint density at radius 2 is 1.31 bits per heavy atom. The average molecular weight is 371 g/mol. The van der Waals surface area contributed by atoms with Gasteiger partial charge in [-0.2, -0.15) is 0 Å². The second-order valence-electron chi connectivity index (χ2n) is 7.08. The van der Waals surface area contributed by atoms with Crippen molar-refractivity contribution in [3.63, 3.8) is 0 Å². The molecular formula is C25H18BN3. The summed E-state index contributed by atoms with van der Waals surface area (Å²) in [6.07, 6.45) is 1.86. The molecule has 0 aliphatic carbocycles. The van der Waals surface area contributed by atoms with E-state index in [4.69, 9.17) is 9.97 Å². The molecule has 0 amide bonds. The first-order chi connectivity index (χ1) is 14.3. The van der Waals surface area contributed by atoms with Gasteiger partial charge in [0.2, 0.25) is 0 Å². The van der Waals surface area contributed by atoms with Crippen LogP contribution in [-0.2, 0) is 0 Å². The van der Waals surface area contributed by atoms with Gasteiger partial charge in [0, 0.05) is 28.3 Å². The summed E-state index contributed by atoms with van der Waals surface area (Å²) >= 11 is 0. The Balaban J connectivity index is 1.61. The van der Waals surface area contributed by atoms with Gasteiger partial charge in [0.05, 0.1) is 16.9 Å². The van der Waals surface area contributed by atoms with E-state index >= 15 is 0 Å². The minimum Gasteiger partial charge on any atom is -0.255 e. The summed E-state index contributed by atoms with van der Waals surface area (Å²) in [6.45, 7) is 0. The Morgan fingerprint density at radius 1 is 0.586 bits per heavy atom. The van der Waals surface area contributed by atoms with Crippen LogP contribution in [0.5, 0.6) is 0 Å². The van der Waals surface area contributed by atoms with Gasteiger partial charge >= 0.3 is 0 Å². The molecule has 3 aromatic carbocycles. The fourth-order valence-electron chi connectivity index (χ4n) is 3.44. The predicted molar refractivity (Wildman–Crippen MR) is 122 cm³/mol. The largest absolute Gasteiger partial charge is 0.255 e. The van der Waals surface area contributed by atoms with Gasteiger partial charge in [-0.05, 0) is 18.2 Å². The number of nitrogens with zero attached hydrogens (tertiary/aromatic N) is 3. The van der Waals surface area contributed by atoms with E-state index in [2.05, 4.69) is 55.3 Å². The van der Waals surface area contributed by atoms with Crippen molar-refractivity contribution in [2.75, 3.05) is 0 Å². The van der Waals surface area contributed by atoms with Crippen molar-refractivity contribution in [2.45, 2.75) is 0 Å². The lowest BCUT2D eigenvalue weighted by molar-refractivity contribution is 1.21. The van der Waals surface area contributed by atoms with Gasteiger partial charge in [0.1, 0.15) is 7.85 Å². The molecule has 0 N–H and O–H groups in total. The Morgan fingerprint density at radius 3 is 2.07 bits per heavy atom. The van der Waals surface area contributed by atoms with Crippen LogP contribution in [0.15, 0.2) is 97.2 Å². The molecule has 3 nitrogen and oxygen atoms in total. The summed E-state index contributed by atoms with van der Waals surface area (Å²) in [5.41, 5.74) is 7.14. The average Bonchev–Trinajstić information content (AvgIpc) is 2.79.